The maximum atomic E-state index is 11.5. The molecule has 1 rings (SSSR count). The fourth-order valence-electron chi connectivity index (χ4n) is 1.25. The Morgan fingerprint density at radius 1 is 1.53 bits per heavy atom. The predicted octanol–water partition coefficient (Wildman–Crippen LogP) is 1.61. The summed E-state index contributed by atoms with van der Waals surface area (Å²) in [6, 6.07) is 6.73. The van der Waals surface area contributed by atoms with Crippen LogP contribution in [0.4, 0.5) is 0 Å². The highest BCUT2D eigenvalue weighted by atomic mass is 35.5. The van der Waals surface area contributed by atoms with Crippen molar-refractivity contribution in [1.29, 1.82) is 0 Å². The summed E-state index contributed by atoms with van der Waals surface area (Å²) in [6.45, 7) is 1.70. The van der Waals surface area contributed by atoms with Gasteiger partial charge in [-0.25, -0.2) is 0 Å². The summed E-state index contributed by atoms with van der Waals surface area (Å²) < 4.78 is 5.26. The van der Waals surface area contributed by atoms with Gasteiger partial charge in [0.05, 0.1) is 17.7 Å². The molecular weight excluding hydrogens is 242 g/mol. The average molecular weight is 258 g/mol. The number of ether oxygens (including phenoxy) is 1. The number of para-hydroxylation sites is 1. The zero-order valence-corrected chi connectivity index (χ0v) is 10.4. The minimum Gasteiger partial charge on any atom is -0.482 e. The first-order valence-corrected chi connectivity index (χ1v) is 5.82. The van der Waals surface area contributed by atoms with Crippen LogP contribution in [-0.2, 0) is 4.79 Å². The van der Waals surface area contributed by atoms with Crippen LogP contribution in [0.25, 0.3) is 0 Å². The number of nitrogens with one attached hydrogen (secondary N) is 1. The van der Waals surface area contributed by atoms with Crippen LogP contribution >= 0.6 is 11.6 Å². The van der Waals surface area contributed by atoms with Gasteiger partial charge in [0, 0.05) is 0 Å². The van der Waals surface area contributed by atoms with Crippen LogP contribution in [0.3, 0.4) is 0 Å². The lowest BCUT2D eigenvalue weighted by molar-refractivity contribution is -0.124. The largest absolute Gasteiger partial charge is 0.482 e. The van der Waals surface area contributed by atoms with Crippen LogP contribution in [0.1, 0.15) is 13.3 Å². The Labute approximate surface area is 106 Å². The highest BCUT2D eigenvalue weighted by Gasteiger charge is 2.10. The van der Waals surface area contributed by atoms with Gasteiger partial charge in [-0.2, -0.15) is 0 Å². The number of benzene rings is 1. The molecule has 1 aromatic carbocycles. The Hall–Kier alpha value is -1.26. The Bertz CT molecular complexity index is 367. The van der Waals surface area contributed by atoms with Crippen molar-refractivity contribution in [2.75, 3.05) is 13.2 Å². The van der Waals surface area contributed by atoms with Gasteiger partial charge in [-0.3, -0.25) is 4.79 Å². The smallest absolute Gasteiger partial charge is 0.258 e. The second-order valence-electron chi connectivity index (χ2n) is 3.57. The van der Waals surface area contributed by atoms with Gasteiger partial charge in [-0.15, -0.1) is 0 Å². The Morgan fingerprint density at radius 2 is 2.24 bits per heavy atom. The molecular formula is C12H16ClNO3. The lowest BCUT2D eigenvalue weighted by Crippen LogP contribution is -2.39. The second kappa shape index (κ2) is 7.14. The van der Waals surface area contributed by atoms with Crippen LogP contribution < -0.4 is 10.1 Å². The Balaban J connectivity index is 2.41. The third-order valence-corrected chi connectivity index (χ3v) is 2.59. The molecule has 0 aliphatic carbocycles. The van der Waals surface area contributed by atoms with Crippen molar-refractivity contribution in [1.82, 2.24) is 5.32 Å². The summed E-state index contributed by atoms with van der Waals surface area (Å²) in [7, 11) is 0. The van der Waals surface area contributed by atoms with Gasteiger partial charge < -0.3 is 15.2 Å². The molecule has 2 N–H and O–H groups in total. The Morgan fingerprint density at radius 3 is 2.82 bits per heavy atom. The minimum atomic E-state index is -0.272. The first-order valence-electron chi connectivity index (χ1n) is 5.45. The second-order valence-corrected chi connectivity index (χ2v) is 3.98. The summed E-state index contributed by atoms with van der Waals surface area (Å²) in [5, 5.41) is 12.0. The number of amides is 1. The minimum absolute atomic E-state index is 0.0751. The van der Waals surface area contributed by atoms with E-state index >= 15 is 0 Å². The lowest BCUT2D eigenvalue weighted by Gasteiger charge is -2.14. The van der Waals surface area contributed by atoms with Crippen molar-refractivity contribution >= 4 is 17.5 Å². The molecule has 17 heavy (non-hydrogen) atoms. The number of halogens is 1. The third-order valence-electron chi connectivity index (χ3n) is 2.27. The number of hydrogen-bond donors (Lipinski definition) is 2. The fraction of sp³-hybridized carbons (Fsp3) is 0.417. The third kappa shape index (κ3) is 4.63. The number of aliphatic hydroxyl groups excluding tert-OH is 1. The zero-order chi connectivity index (χ0) is 12.7. The first-order chi connectivity index (χ1) is 8.17. The van der Waals surface area contributed by atoms with E-state index in [1.54, 1.807) is 24.3 Å². The van der Waals surface area contributed by atoms with Gasteiger partial charge in [0.15, 0.2) is 6.61 Å². The van der Waals surface area contributed by atoms with E-state index in [-0.39, 0.29) is 25.2 Å². The number of carbonyl (C=O) groups is 1. The Kier molecular flexibility index (Phi) is 5.80. The van der Waals surface area contributed by atoms with E-state index in [2.05, 4.69) is 5.32 Å². The number of carbonyl (C=O) groups excluding carboxylic acids is 1. The molecule has 0 aromatic heterocycles. The molecule has 0 fully saturated rings. The predicted molar refractivity (Wildman–Crippen MR) is 66.3 cm³/mol. The molecule has 0 spiro atoms. The SMILES string of the molecule is CC[C@H](CO)NC(=O)COc1ccccc1Cl. The highest BCUT2D eigenvalue weighted by molar-refractivity contribution is 6.32. The molecule has 4 nitrogen and oxygen atoms in total. The van der Waals surface area contributed by atoms with Crippen molar-refractivity contribution in [3.05, 3.63) is 29.3 Å². The zero-order valence-electron chi connectivity index (χ0n) is 9.65. The van der Waals surface area contributed by atoms with E-state index in [1.165, 1.54) is 0 Å². The summed E-state index contributed by atoms with van der Waals surface area (Å²) >= 11 is 5.87. The molecule has 1 amide bonds. The molecule has 0 aliphatic heterocycles. The number of aliphatic hydroxyl groups is 1. The molecule has 0 heterocycles. The van der Waals surface area contributed by atoms with Gasteiger partial charge in [-0.05, 0) is 18.6 Å². The molecule has 0 unspecified atom stereocenters. The molecule has 94 valence electrons. The van der Waals surface area contributed by atoms with Gasteiger partial charge in [0.2, 0.25) is 0 Å². The molecule has 0 saturated carbocycles. The standard InChI is InChI=1S/C12H16ClNO3/c1-2-9(7-15)14-12(16)8-17-11-6-4-3-5-10(11)13/h3-6,9,15H,2,7-8H2,1H3,(H,14,16)/t9-/m1/s1. The molecule has 0 saturated heterocycles. The van der Waals surface area contributed by atoms with Crippen molar-refractivity contribution in [2.45, 2.75) is 19.4 Å². The summed E-state index contributed by atoms with van der Waals surface area (Å²) in [6.07, 6.45) is 0.675. The van der Waals surface area contributed by atoms with E-state index in [0.717, 1.165) is 0 Å². The van der Waals surface area contributed by atoms with Crippen LogP contribution in [0.2, 0.25) is 5.02 Å². The summed E-state index contributed by atoms with van der Waals surface area (Å²) in [4.78, 5) is 11.5. The lowest BCUT2D eigenvalue weighted by atomic mass is 10.2. The van der Waals surface area contributed by atoms with Gasteiger partial charge in [0.1, 0.15) is 5.75 Å². The average Bonchev–Trinajstić information content (AvgIpc) is 2.35. The van der Waals surface area contributed by atoms with E-state index in [1.807, 2.05) is 6.92 Å². The van der Waals surface area contributed by atoms with Crippen molar-refractivity contribution in [3.63, 3.8) is 0 Å². The molecule has 1 aromatic rings. The molecule has 1 atom stereocenters. The number of rotatable bonds is 6. The monoisotopic (exact) mass is 257 g/mol. The van der Waals surface area contributed by atoms with E-state index in [4.69, 9.17) is 21.4 Å². The molecule has 5 heteroatoms. The van der Waals surface area contributed by atoms with Crippen molar-refractivity contribution < 1.29 is 14.6 Å². The van der Waals surface area contributed by atoms with Gasteiger partial charge in [-0.1, -0.05) is 30.7 Å². The topological polar surface area (TPSA) is 58.6 Å². The maximum absolute atomic E-state index is 11.5. The summed E-state index contributed by atoms with van der Waals surface area (Å²) in [5.74, 6) is 0.201. The van der Waals surface area contributed by atoms with E-state index in [0.29, 0.717) is 17.2 Å². The van der Waals surface area contributed by atoms with Crippen molar-refractivity contribution in [2.24, 2.45) is 0 Å². The van der Waals surface area contributed by atoms with Gasteiger partial charge >= 0.3 is 0 Å². The van der Waals surface area contributed by atoms with Crippen LogP contribution in [0, 0.1) is 0 Å². The maximum Gasteiger partial charge on any atom is 0.258 e. The van der Waals surface area contributed by atoms with Gasteiger partial charge in [0.25, 0.3) is 5.91 Å². The van der Waals surface area contributed by atoms with E-state index < -0.39 is 0 Å². The quantitative estimate of drug-likeness (QED) is 0.814. The fourth-order valence-corrected chi connectivity index (χ4v) is 1.44. The van der Waals surface area contributed by atoms with E-state index in [9.17, 15) is 4.79 Å². The van der Waals surface area contributed by atoms with Crippen LogP contribution in [-0.4, -0.2) is 30.3 Å². The van der Waals surface area contributed by atoms with Crippen LogP contribution in [0.5, 0.6) is 5.75 Å². The molecule has 0 aliphatic rings. The normalized spacial score (nSPS) is 11.9. The molecule has 0 radical (unpaired) electrons. The summed E-state index contributed by atoms with van der Waals surface area (Å²) in [5.41, 5.74) is 0. The van der Waals surface area contributed by atoms with Crippen LogP contribution in [0.15, 0.2) is 24.3 Å². The highest BCUT2D eigenvalue weighted by Crippen LogP contribution is 2.22. The molecule has 0 bridgehead atoms. The first kappa shape index (κ1) is 13.8. The number of hydrogen-bond acceptors (Lipinski definition) is 3. The van der Waals surface area contributed by atoms with Crippen molar-refractivity contribution in [3.8, 4) is 5.75 Å².